The fourth-order valence-electron chi connectivity index (χ4n) is 0. The molecule has 5 heavy (non-hydrogen) atoms. The van der Waals surface area contributed by atoms with Crippen LogP contribution in [0.3, 0.4) is 0 Å². The quantitative estimate of drug-likeness (QED) is 0.410. The molecule has 0 aromatic rings. The Morgan fingerprint density at radius 3 is 1.40 bits per heavy atom. The molecule has 0 saturated heterocycles. The van der Waals surface area contributed by atoms with Crippen molar-refractivity contribution < 1.29 is 4.46 Å². The average Bonchev–Trinajstić information content (AvgIpc) is 0.811. The highest BCUT2D eigenvalue weighted by Gasteiger charge is 1.68. The lowest BCUT2D eigenvalue weighted by molar-refractivity contribution is 0.569. The van der Waals surface area contributed by atoms with E-state index in [1.165, 1.54) is 0 Å². The van der Waals surface area contributed by atoms with E-state index in [1.54, 1.807) is 13.1 Å². The van der Waals surface area contributed by atoms with Crippen molar-refractivity contribution in [3.8, 4) is 0 Å². The molecule has 0 rings (SSSR count). The first kappa shape index (κ1) is 8.89. The Labute approximate surface area is 34.7 Å². The van der Waals surface area contributed by atoms with Gasteiger partial charge in [-0.1, -0.05) is 7.43 Å². The first-order valence-corrected chi connectivity index (χ1v) is 3.61. The van der Waals surface area contributed by atoms with Gasteiger partial charge in [0.15, 0.2) is 0 Å². The van der Waals surface area contributed by atoms with Crippen molar-refractivity contribution in [2.75, 3.05) is 0 Å². The number of hydrogen-bond donors (Lipinski definition) is 0. The van der Waals surface area contributed by atoms with Gasteiger partial charge in [0, 0.05) is 0 Å². The van der Waals surface area contributed by atoms with Gasteiger partial charge in [0.1, 0.15) is 0 Å². The second-order valence-corrected chi connectivity index (χ2v) is 2.72. The first-order chi connectivity index (χ1) is 1.73. The monoisotopic (exact) mass is 90.1 g/mol. The fourth-order valence-corrected chi connectivity index (χ4v) is 0. The minimum absolute atomic E-state index is 0. The summed E-state index contributed by atoms with van der Waals surface area (Å²) in [5, 5.41) is 0. The van der Waals surface area contributed by atoms with Crippen LogP contribution in [0.15, 0.2) is 0 Å². The molecule has 0 heterocycles. The molecular weight excluding hydrogens is 80.1 g/mol. The molecule has 0 aliphatic carbocycles. The minimum atomic E-state index is -1.13. The molecule has 0 unspecified atom stereocenters. The molecule has 1 nitrogen and oxygen atoms in total. The molecule has 32 valence electrons. The Balaban J connectivity index is 0. The summed E-state index contributed by atoms with van der Waals surface area (Å²) < 4.78 is 9.63. The van der Waals surface area contributed by atoms with Crippen molar-refractivity contribution in [1.29, 1.82) is 0 Å². The fraction of sp³-hybridized carbons (Fsp3) is 1.00. The molecule has 0 aliphatic rings. The van der Waals surface area contributed by atoms with E-state index in [-0.39, 0.29) is 7.43 Å². The van der Waals surface area contributed by atoms with Crippen molar-refractivity contribution in [2.24, 2.45) is 0 Å². The van der Waals surface area contributed by atoms with Crippen LogP contribution < -0.4 is 0 Å². The molecule has 0 aromatic heterocycles. The topological polar surface area (TPSA) is 17.1 Å². The maximum Gasteiger partial charge on any atom is 0.270 e. The van der Waals surface area contributed by atoms with Gasteiger partial charge < -0.3 is 4.46 Å². The second-order valence-electron chi connectivity index (χ2n) is 0.908. The summed E-state index contributed by atoms with van der Waals surface area (Å²) in [6, 6.07) is 0. The van der Waals surface area contributed by atoms with Gasteiger partial charge in [-0.25, -0.2) is 0 Å². The van der Waals surface area contributed by atoms with E-state index in [4.69, 9.17) is 0 Å². The predicted octanol–water partition coefficient (Wildman–Crippen LogP) is 1.30. The lowest BCUT2D eigenvalue weighted by Crippen LogP contribution is -1.72. The summed E-state index contributed by atoms with van der Waals surface area (Å²) in [7, 11) is -1.13. The molecular formula is C3H10OSi. The molecule has 0 aromatic carbocycles. The van der Waals surface area contributed by atoms with Gasteiger partial charge in [-0.2, -0.15) is 0 Å². The summed E-state index contributed by atoms with van der Waals surface area (Å²) in [6.45, 7) is 3.43. The molecule has 0 atom stereocenters. The van der Waals surface area contributed by atoms with Crippen LogP contribution in [-0.2, 0) is 4.46 Å². The van der Waals surface area contributed by atoms with E-state index in [2.05, 4.69) is 0 Å². The zero-order valence-corrected chi connectivity index (χ0v) is 3.91. The van der Waals surface area contributed by atoms with Gasteiger partial charge in [-0.05, 0) is 13.1 Å². The van der Waals surface area contributed by atoms with Crippen LogP contribution in [0.1, 0.15) is 7.43 Å². The van der Waals surface area contributed by atoms with Gasteiger partial charge in [-0.15, -0.1) is 0 Å². The maximum atomic E-state index is 9.63. The Kier molecular flexibility index (Phi) is 7.15. The zero-order valence-electron chi connectivity index (χ0n) is 2.91. The van der Waals surface area contributed by atoms with E-state index in [0.29, 0.717) is 0 Å². The Bertz CT molecular complexity index is 29.9. The van der Waals surface area contributed by atoms with E-state index in [9.17, 15) is 4.46 Å². The highest BCUT2D eigenvalue weighted by molar-refractivity contribution is 6.38. The predicted molar refractivity (Wildman–Crippen MR) is 24.9 cm³/mol. The van der Waals surface area contributed by atoms with Gasteiger partial charge in [0.25, 0.3) is 8.68 Å². The van der Waals surface area contributed by atoms with Gasteiger partial charge in [0.05, 0.1) is 0 Å². The highest BCUT2D eigenvalue weighted by Crippen LogP contribution is 1.49. The van der Waals surface area contributed by atoms with E-state index in [1.807, 2.05) is 0 Å². The zero-order chi connectivity index (χ0) is 3.58. The van der Waals surface area contributed by atoms with Crippen molar-refractivity contribution in [3.05, 3.63) is 0 Å². The van der Waals surface area contributed by atoms with Crippen LogP contribution in [0.2, 0.25) is 13.1 Å². The number of rotatable bonds is 0. The lowest BCUT2D eigenvalue weighted by Gasteiger charge is -1.51. The molecule has 0 N–H and O–H groups in total. The second kappa shape index (κ2) is 4.02. The van der Waals surface area contributed by atoms with Crippen LogP contribution >= 0.6 is 0 Å². The van der Waals surface area contributed by atoms with Crippen molar-refractivity contribution in [1.82, 2.24) is 0 Å². The van der Waals surface area contributed by atoms with Crippen LogP contribution in [0, 0.1) is 0 Å². The largest absolute Gasteiger partial charge is 0.389 e. The van der Waals surface area contributed by atoms with Crippen molar-refractivity contribution in [2.45, 2.75) is 20.5 Å². The summed E-state index contributed by atoms with van der Waals surface area (Å²) in [4.78, 5) is 0. The van der Waals surface area contributed by atoms with Crippen LogP contribution in [0.5, 0.6) is 0 Å². The average molecular weight is 90.2 g/mol. The Morgan fingerprint density at radius 2 is 1.40 bits per heavy atom. The summed E-state index contributed by atoms with van der Waals surface area (Å²) >= 11 is 0. The Hall–Kier alpha value is 0.0169. The molecule has 0 fully saturated rings. The first-order valence-electron chi connectivity index (χ1n) is 1.20. The van der Waals surface area contributed by atoms with E-state index < -0.39 is 8.68 Å². The molecule has 0 radical (unpaired) electrons. The lowest BCUT2D eigenvalue weighted by atomic mass is 11.9. The molecule has 0 bridgehead atoms. The molecule has 2 heteroatoms. The minimum Gasteiger partial charge on any atom is -0.389 e. The van der Waals surface area contributed by atoms with E-state index in [0.717, 1.165) is 0 Å². The molecule has 0 saturated carbocycles. The maximum absolute atomic E-state index is 9.63. The van der Waals surface area contributed by atoms with Crippen molar-refractivity contribution in [3.63, 3.8) is 0 Å². The molecule has 0 spiro atoms. The molecule has 0 amide bonds. The molecule has 0 aliphatic heterocycles. The third-order valence-electron chi connectivity index (χ3n) is 0. The standard InChI is InChI=1S/C2H6OSi.CH4/c1-4(2)3;/h1-2H3;1H4. The highest BCUT2D eigenvalue weighted by atomic mass is 28.2. The summed E-state index contributed by atoms with van der Waals surface area (Å²) in [5.74, 6) is 0. The van der Waals surface area contributed by atoms with E-state index >= 15 is 0 Å². The SMILES string of the molecule is C.C[Si](C)=O. The summed E-state index contributed by atoms with van der Waals surface area (Å²) in [6.07, 6.45) is 0. The van der Waals surface area contributed by atoms with Crippen molar-refractivity contribution >= 4 is 8.68 Å². The summed E-state index contributed by atoms with van der Waals surface area (Å²) in [5.41, 5.74) is 0. The van der Waals surface area contributed by atoms with Crippen LogP contribution in [-0.4, -0.2) is 8.68 Å². The van der Waals surface area contributed by atoms with Gasteiger partial charge >= 0.3 is 0 Å². The third kappa shape index (κ3) is 57300. The Morgan fingerprint density at radius 1 is 1.40 bits per heavy atom. The van der Waals surface area contributed by atoms with Crippen LogP contribution in [0.25, 0.3) is 0 Å². The van der Waals surface area contributed by atoms with Gasteiger partial charge in [-0.3, -0.25) is 0 Å². The third-order valence-corrected chi connectivity index (χ3v) is 0. The van der Waals surface area contributed by atoms with Crippen LogP contribution in [0.4, 0.5) is 0 Å². The number of hydrogen-bond acceptors (Lipinski definition) is 1. The van der Waals surface area contributed by atoms with Gasteiger partial charge in [0.2, 0.25) is 0 Å². The normalized spacial score (nSPS) is 5.20. The smallest absolute Gasteiger partial charge is 0.270 e.